The van der Waals surface area contributed by atoms with Gasteiger partial charge in [0.1, 0.15) is 17.2 Å². The van der Waals surface area contributed by atoms with Gasteiger partial charge in [-0.3, -0.25) is 0 Å². The number of carboxylic acids is 1. The van der Waals surface area contributed by atoms with Crippen LogP contribution in [0, 0.1) is 11.3 Å². The van der Waals surface area contributed by atoms with Crippen LogP contribution in [0.5, 0.6) is 17.4 Å². The van der Waals surface area contributed by atoms with Gasteiger partial charge in [0, 0.05) is 6.20 Å². The summed E-state index contributed by atoms with van der Waals surface area (Å²) in [5, 5.41) is 18.2. The maximum atomic E-state index is 11.2. The van der Waals surface area contributed by atoms with E-state index in [-0.39, 0.29) is 28.5 Å². The molecule has 2 aromatic rings. The van der Waals surface area contributed by atoms with Crippen molar-refractivity contribution in [3.8, 4) is 23.4 Å². The third kappa shape index (κ3) is 2.52. The minimum absolute atomic E-state index is 0.0118. The van der Waals surface area contributed by atoms with E-state index < -0.39 is 5.97 Å². The highest BCUT2D eigenvalue weighted by Crippen LogP contribution is 2.35. The lowest BCUT2D eigenvalue weighted by Crippen LogP contribution is -2.03. The Morgan fingerprint density at radius 2 is 2.15 bits per heavy atom. The lowest BCUT2D eigenvalue weighted by molar-refractivity contribution is 0.0693. The largest absolute Gasteiger partial charge is 0.493 e. The average molecular weight is 270 g/mol. The Morgan fingerprint density at radius 1 is 1.35 bits per heavy atom. The SMILES string of the molecule is COc1cccc(C(=O)O)c1Oc1ncccc1C#N. The van der Waals surface area contributed by atoms with Gasteiger partial charge in [-0.25, -0.2) is 9.78 Å². The molecule has 100 valence electrons. The lowest BCUT2D eigenvalue weighted by atomic mass is 10.2. The molecule has 0 spiro atoms. The van der Waals surface area contributed by atoms with Gasteiger partial charge in [-0.15, -0.1) is 0 Å². The number of para-hydroxylation sites is 1. The second kappa shape index (κ2) is 5.71. The van der Waals surface area contributed by atoms with E-state index in [4.69, 9.17) is 19.8 Å². The van der Waals surface area contributed by atoms with Crippen LogP contribution in [0.3, 0.4) is 0 Å². The van der Waals surface area contributed by atoms with E-state index >= 15 is 0 Å². The molecule has 0 atom stereocenters. The summed E-state index contributed by atoms with van der Waals surface area (Å²) >= 11 is 0. The van der Waals surface area contributed by atoms with E-state index in [0.717, 1.165) is 0 Å². The first-order valence-electron chi connectivity index (χ1n) is 5.60. The van der Waals surface area contributed by atoms with Crippen molar-refractivity contribution in [3.05, 3.63) is 47.7 Å². The summed E-state index contributed by atoms with van der Waals surface area (Å²) in [5.41, 5.74) is 0.133. The molecule has 6 nitrogen and oxygen atoms in total. The van der Waals surface area contributed by atoms with Crippen LogP contribution in [0.2, 0.25) is 0 Å². The standard InChI is InChI=1S/C14H10N2O4/c1-19-11-6-2-5-10(14(17)18)12(11)20-13-9(8-15)4-3-7-16-13/h2-7H,1H3,(H,17,18). The Labute approximate surface area is 114 Å². The monoisotopic (exact) mass is 270 g/mol. The number of benzene rings is 1. The number of carboxylic acid groups (broad SMARTS) is 1. The average Bonchev–Trinajstić information content (AvgIpc) is 2.47. The molecule has 0 amide bonds. The van der Waals surface area contributed by atoms with Gasteiger partial charge in [0.2, 0.25) is 5.88 Å². The van der Waals surface area contributed by atoms with Gasteiger partial charge < -0.3 is 14.6 Å². The predicted octanol–water partition coefficient (Wildman–Crippen LogP) is 2.45. The Kier molecular flexibility index (Phi) is 3.82. The van der Waals surface area contributed by atoms with Gasteiger partial charge in [0.05, 0.1) is 7.11 Å². The number of nitriles is 1. The van der Waals surface area contributed by atoms with E-state index in [1.807, 2.05) is 6.07 Å². The number of aromatic carboxylic acids is 1. The Balaban J connectivity index is 2.53. The summed E-state index contributed by atoms with van der Waals surface area (Å²) in [5.74, 6) is -0.868. The zero-order chi connectivity index (χ0) is 14.5. The fraction of sp³-hybridized carbons (Fsp3) is 0.0714. The summed E-state index contributed by atoms with van der Waals surface area (Å²) in [6.07, 6.45) is 1.45. The molecule has 0 aliphatic heterocycles. The molecule has 1 aromatic heterocycles. The van der Waals surface area contributed by atoms with Crippen molar-refractivity contribution >= 4 is 5.97 Å². The fourth-order valence-corrected chi connectivity index (χ4v) is 1.60. The minimum Gasteiger partial charge on any atom is -0.493 e. The Morgan fingerprint density at radius 3 is 2.80 bits per heavy atom. The molecule has 0 aliphatic carbocycles. The van der Waals surface area contributed by atoms with Crippen molar-refractivity contribution in [3.63, 3.8) is 0 Å². The van der Waals surface area contributed by atoms with Gasteiger partial charge in [-0.1, -0.05) is 6.07 Å². The first-order chi connectivity index (χ1) is 9.67. The quantitative estimate of drug-likeness (QED) is 0.917. The third-order valence-electron chi connectivity index (χ3n) is 2.52. The van der Waals surface area contributed by atoms with Crippen LogP contribution in [-0.4, -0.2) is 23.2 Å². The minimum atomic E-state index is -1.16. The van der Waals surface area contributed by atoms with Crippen LogP contribution in [0.15, 0.2) is 36.5 Å². The van der Waals surface area contributed by atoms with Crippen molar-refractivity contribution in [2.45, 2.75) is 0 Å². The summed E-state index contributed by atoms with van der Waals surface area (Å²) in [7, 11) is 1.40. The molecule has 2 rings (SSSR count). The van der Waals surface area contributed by atoms with E-state index in [1.54, 1.807) is 18.2 Å². The zero-order valence-electron chi connectivity index (χ0n) is 10.5. The van der Waals surface area contributed by atoms with E-state index in [9.17, 15) is 4.79 Å². The lowest BCUT2D eigenvalue weighted by Gasteiger charge is -2.12. The van der Waals surface area contributed by atoms with Crippen molar-refractivity contribution in [1.29, 1.82) is 5.26 Å². The van der Waals surface area contributed by atoms with E-state index in [2.05, 4.69) is 4.98 Å². The maximum Gasteiger partial charge on any atom is 0.339 e. The smallest absolute Gasteiger partial charge is 0.339 e. The fourth-order valence-electron chi connectivity index (χ4n) is 1.60. The molecule has 0 saturated carbocycles. The second-order valence-corrected chi connectivity index (χ2v) is 3.71. The molecular formula is C14H10N2O4. The second-order valence-electron chi connectivity index (χ2n) is 3.71. The summed E-state index contributed by atoms with van der Waals surface area (Å²) in [4.78, 5) is 15.1. The van der Waals surface area contributed by atoms with Crippen LogP contribution in [0.4, 0.5) is 0 Å². The van der Waals surface area contributed by atoms with Crippen LogP contribution in [0.25, 0.3) is 0 Å². The van der Waals surface area contributed by atoms with Crippen molar-refractivity contribution < 1.29 is 19.4 Å². The maximum absolute atomic E-state index is 11.2. The summed E-state index contributed by atoms with van der Waals surface area (Å²) in [6.45, 7) is 0. The van der Waals surface area contributed by atoms with Crippen molar-refractivity contribution in [2.75, 3.05) is 7.11 Å². The highest BCUT2D eigenvalue weighted by atomic mass is 16.5. The number of methoxy groups -OCH3 is 1. The molecule has 1 heterocycles. The Hall–Kier alpha value is -3.07. The molecule has 1 N–H and O–H groups in total. The Bertz CT molecular complexity index is 692. The van der Waals surface area contributed by atoms with Gasteiger partial charge in [-0.2, -0.15) is 5.26 Å². The van der Waals surface area contributed by atoms with E-state index in [1.165, 1.54) is 25.4 Å². The number of nitrogens with zero attached hydrogens (tertiary/aromatic N) is 2. The molecule has 6 heteroatoms. The molecule has 0 saturated heterocycles. The molecule has 0 radical (unpaired) electrons. The molecular weight excluding hydrogens is 260 g/mol. The summed E-state index contributed by atoms with van der Waals surface area (Å²) in [6, 6.07) is 9.53. The first-order valence-corrected chi connectivity index (χ1v) is 5.60. The highest BCUT2D eigenvalue weighted by Gasteiger charge is 2.18. The first kappa shape index (κ1) is 13.4. The topological polar surface area (TPSA) is 92.4 Å². The number of aromatic nitrogens is 1. The number of hydrogen-bond donors (Lipinski definition) is 1. The highest BCUT2D eigenvalue weighted by molar-refractivity contribution is 5.92. The molecule has 0 unspecified atom stereocenters. The zero-order valence-corrected chi connectivity index (χ0v) is 10.5. The predicted molar refractivity (Wildman–Crippen MR) is 69.0 cm³/mol. The van der Waals surface area contributed by atoms with E-state index in [0.29, 0.717) is 0 Å². The van der Waals surface area contributed by atoms with Gasteiger partial charge >= 0.3 is 5.97 Å². The molecule has 20 heavy (non-hydrogen) atoms. The molecule has 0 bridgehead atoms. The molecule has 0 aliphatic rings. The van der Waals surface area contributed by atoms with Gasteiger partial charge in [-0.05, 0) is 24.3 Å². The van der Waals surface area contributed by atoms with Crippen LogP contribution < -0.4 is 9.47 Å². The van der Waals surface area contributed by atoms with Crippen LogP contribution >= 0.6 is 0 Å². The number of hydrogen-bond acceptors (Lipinski definition) is 5. The van der Waals surface area contributed by atoms with Gasteiger partial charge in [0.15, 0.2) is 11.5 Å². The molecule has 0 fully saturated rings. The van der Waals surface area contributed by atoms with Crippen molar-refractivity contribution in [1.82, 2.24) is 4.98 Å². The van der Waals surface area contributed by atoms with Gasteiger partial charge in [0.25, 0.3) is 0 Å². The summed E-state index contributed by atoms with van der Waals surface area (Å²) < 4.78 is 10.6. The van der Waals surface area contributed by atoms with Crippen molar-refractivity contribution in [2.24, 2.45) is 0 Å². The van der Waals surface area contributed by atoms with Crippen LogP contribution in [-0.2, 0) is 0 Å². The number of carbonyl (C=O) groups is 1. The molecule has 1 aromatic carbocycles. The number of ether oxygens (including phenoxy) is 2. The number of pyridine rings is 1. The van der Waals surface area contributed by atoms with Crippen LogP contribution in [0.1, 0.15) is 15.9 Å². The number of rotatable bonds is 4. The normalized spacial score (nSPS) is 9.60. The third-order valence-corrected chi connectivity index (χ3v) is 2.52.